The summed E-state index contributed by atoms with van der Waals surface area (Å²) in [7, 11) is 0. The molecule has 29 heavy (non-hydrogen) atoms. The maximum atomic E-state index is 12.8. The number of Topliss-reactive ketones (excluding diaryl/α,β-unsaturated/α-hetero) is 1. The Morgan fingerprint density at radius 1 is 1.10 bits per heavy atom. The van der Waals surface area contributed by atoms with Gasteiger partial charge in [-0.25, -0.2) is 0 Å². The van der Waals surface area contributed by atoms with Gasteiger partial charge in [-0.15, -0.1) is 0 Å². The third kappa shape index (κ3) is 4.33. The van der Waals surface area contributed by atoms with Crippen LogP contribution in [0, 0.1) is 5.92 Å². The number of amides is 1. The van der Waals surface area contributed by atoms with Gasteiger partial charge in [-0.05, 0) is 67.7 Å². The molecule has 1 heterocycles. The second-order valence-electron chi connectivity index (χ2n) is 8.01. The van der Waals surface area contributed by atoms with Gasteiger partial charge in [0.25, 0.3) is 5.91 Å². The minimum atomic E-state index is -0.191. The van der Waals surface area contributed by atoms with E-state index in [4.69, 9.17) is 0 Å². The highest BCUT2D eigenvalue weighted by molar-refractivity contribution is 6.17. The van der Waals surface area contributed by atoms with E-state index in [1.54, 1.807) is 6.07 Å². The summed E-state index contributed by atoms with van der Waals surface area (Å²) in [5.74, 6) is -0.204. The zero-order chi connectivity index (χ0) is 20.2. The second-order valence-corrected chi connectivity index (χ2v) is 8.01. The van der Waals surface area contributed by atoms with Gasteiger partial charge < -0.3 is 10.2 Å². The predicted molar refractivity (Wildman–Crippen MR) is 117 cm³/mol. The lowest BCUT2D eigenvalue weighted by Crippen LogP contribution is -2.28. The number of hydrogen-bond acceptors (Lipinski definition) is 3. The van der Waals surface area contributed by atoms with Crippen molar-refractivity contribution in [1.82, 2.24) is 10.2 Å². The number of benzene rings is 2. The topological polar surface area (TPSA) is 49.4 Å². The average molecular weight is 389 g/mol. The van der Waals surface area contributed by atoms with Gasteiger partial charge in [0.2, 0.25) is 0 Å². The van der Waals surface area contributed by atoms with E-state index in [1.165, 1.54) is 25.9 Å². The first-order valence-electron chi connectivity index (χ1n) is 10.6. The Bertz CT molecular complexity index is 927. The number of carbonyl (C=O) groups is 2. The minimum Gasteiger partial charge on any atom is -0.352 e. The van der Waals surface area contributed by atoms with Crippen LogP contribution in [0.2, 0.25) is 0 Å². The molecule has 2 aliphatic rings. The van der Waals surface area contributed by atoms with Crippen molar-refractivity contribution in [3.05, 3.63) is 70.8 Å². The molecule has 4 heteroatoms. The SMILES string of the molecule is C[C@H]1C(=O)c2cc(C(=O)NCCCN3CCCC3)ccc2/C1=C\c1ccccc1. The molecule has 150 valence electrons. The lowest BCUT2D eigenvalue weighted by atomic mass is 9.98. The number of fused-ring (bicyclic) bond motifs is 1. The molecule has 0 unspecified atom stereocenters. The molecule has 0 spiro atoms. The first-order valence-corrected chi connectivity index (χ1v) is 10.6. The molecule has 1 aliphatic heterocycles. The highest BCUT2D eigenvalue weighted by Gasteiger charge is 2.32. The smallest absolute Gasteiger partial charge is 0.251 e. The number of hydrogen-bond donors (Lipinski definition) is 1. The molecule has 0 aromatic heterocycles. The molecule has 1 saturated heterocycles. The van der Waals surface area contributed by atoms with Crippen LogP contribution in [0.25, 0.3) is 11.6 Å². The van der Waals surface area contributed by atoms with E-state index < -0.39 is 0 Å². The van der Waals surface area contributed by atoms with Gasteiger partial charge in [0, 0.05) is 23.6 Å². The summed E-state index contributed by atoms with van der Waals surface area (Å²) < 4.78 is 0. The van der Waals surface area contributed by atoms with Crippen molar-refractivity contribution in [3.63, 3.8) is 0 Å². The first kappa shape index (κ1) is 19.6. The van der Waals surface area contributed by atoms with Crippen LogP contribution >= 0.6 is 0 Å². The molecule has 1 fully saturated rings. The molecular weight excluding hydrogens is 360 g/mol. The van der Waals surface area contributed by atoms with Crippen LogP contribution in [-0.4, -0.2) is 42.8 Å². The van der Waals surface area contributed by atoms with Crippen molar-refractivity contribution in [3.8, 4) is 0 Å². The van der Waals surface area contributed by atoms with Gasteiger partial charge in [0.1, 0.15) is 0 Å². The van der Waals surface area contributed by atoms with Gasteiger partial charge in [0.05, 0.1) is 0 Å². The quantitative estimate of drug-likeness (QED) is 0.752. The summed E-state index contributed by atoms with van der Waals surface area (Å²) in [6.45, 7) is 6.00. The van der Waals surface area contributed by atoms with E-state index in [2.05, 4.69) is 16.3 Å². The first-order chi connectivity index (χ1) is 14.1. The van der Waals surface area contributed by atoms with Crippen LogP contribution in [0.15, 0.2) is 48.5 Å². The van der Waals surface area contributed by atoms with Gasteiger partial charge in [0.15, 0.2) is 5.78 Å². The van der Waals surface area contributed by atoms with Crippen molar-refractivity contribution in [2.24, 2.45) is 5.92 Å². The Morgan fingerprint density at radius 2 is 1.86 bits per heavy atom. The highest BCUT2D eigenvalue weighted by atomic mass is 16.1. The van der Waals surface area contributed by atoms with Crippen LogP contribution in [-0.2, 0) is 0 Å². The average Bonchev–Trinajstić information content (AvgIpc) is 3.35. The molecule has 2 aromatic rings. The number of ketones is 1. The van der Waals surface area contributed by atoms with E-state index in [0.29, 0.717) is 17.7 Å². The fourth-order valence-electron chi connectivity index (χ4n) is 4.29. The van der Waals surface area contributed by atoms with Crippen molar-refractivity contribution < 1.29 is 9.59 Å². The molecule has 2 aromatic carbocycles. The number of rotatable bonds is 6. The Kier molecular flexibility index (Phi) is 5.91. The van der Waals surface area contributed by atoms with Gasteiger partial charge in [-0.2, -0.15) is 0 Å². The second kappa shape index (κ2) is 8.75. The molecule has 1 aliphatic carbocycles. The van der Waals surface area contributed by atoms with Crippen LogP contribution in [0.3, 0.4) is 0 Å². The van der Waals surface area contributed by atoms with Gasteiger partial charge >= 0.3 is 0 Å². The van der Waals surface area contributed by atoms with Crippen LogP contribution in [0.5, 0.6) is 0 Å². The maximum Gasteiger partial charge on any atom is 0.251 e. The monoisotopic (exact) mass is 388 g/mol. The minimum absolute atomic E-state index is 0.0888. The van der Waals surface area contributed by atoms with Crippen molar-refractivity contribution in [2.75, 3.05) is 26.2 Å². The Morgan fingerprint density at radius 3 is 2.62 bits per heavy atom. The van der Waals surface area contributed by atoms with Gasteiger partial charge in [-0.1, -0.05) is 49.4 Å². The van der Waals surface area contributed by atoms with E-state index >= 15 is 0 Å². The summed E-state index contributed by atoms with van der Waals surface area (Å²) >= 11 is 0. The summed E-state index contributed by atoms with van der Waals surface area (Å²) in [6, 6.07) is 15.5. The largest absolute Gasteiger partial charge is 0.352 e. The zero-order valence-electron chi connectivity index (χ0n) is 17.0. The molecule has 1 atom stereocenters. The van der Waals surface area contributed by atoms with Crippen LogP contribution in [0.1, 0.15) is 58.0 Å². The fourth-order valence-corrected chi connectivity index (χ4v) is 4.29. The van der Waals surface area contributed by atoms with E-state index in [9.17, 15) is 9.59 Å². The summed E-state index contributed by atoms with van der Waals surface area (Å²) in [5.41, 5.74) is 4.26. The molecule has 4 nitrogen and oxygen atoms in total. The normalized spacial score (nSPS) is 20.2. The molecule has 1 N–H and O–H groups in total. The molecule has 1 amide bonds. The summed E-state index contributed by atoms with van der Waals surface area (Å²) in [5, 5.41) is 3.00. The number of nitrogens with zero attached hydrogens (tertiary/aromatic N) is 1. The van der Waals surface area contributed by atoms with E-state index in [0.717, 1.165) is 29.7 Å². The zero-order valence-corrected chi connectivity index (χ0v) is 17.0. The molecular formula is C25H28N2O2. The third-order valence-corrected chi connectivity index (χ3v) is 5.98. The maximum absolute atomic E-state index is 12.8. The molecule has 0 saturated carbocycles. The molecule has 0 bridgehead atoms. The van der Waals surface area contributed by atoms with Gasteiger partial charge in [-0.3, -0.25) is 9.59 Å². The number of nitrogens with one attached hydrogen (secondary N) is 1. The molecule has 4 rings (SSSR count). The van der Waals surface area contributed by atoms with Crippen molar-refractivity contribution in [2.45, 2.75) is 26.2 Å². The Labute approximate surface area is 172 Å². The third-order valence-electron chi connectivity index (χ3n) is 5.98. The number of carbonyl (C=O) groups excluding carboxylic acids is 2. The Balaban J connectivity index is 1.44. The number of allylic oxidation sites excluding steroid dienone is 1. The number of likely N-dealkylation sites (tertiary alicyclic amines) is 1. The van der Waals surface area contributed by atoms with E-state index in [1.807, 2.05) is 49.4 Å². The predicted octanol–water partition coefficient (Wildman–Crippen LogP) is 4.28. The highest BCUT2D eigenvalue weighted by Crippen LogP contribution is 2.38. The summed E-state index contributed by atoms with van der Waals surface area (Å²) in [4.78, 5) is 27.8. The van der Waals surface area contributed by atoms with E-state index in [-0.39, 0.29) is 17.6 Å². The van der Waals surface area contributed by atoms with Crippen molar-refractivity contribution in [1.29, 1.82) is 0 Å². The Hall–Kier alpha value is -2.72. The van der Waals surface area contributed by atoms with Crippen LogP contribution < -0.4 is 5.32 Å². The fraction of sp³-hybridized carbons (Fsp3) is 0.360. The van der Waals surface area contributed by atoms with Crippen molar-refractivity contribution >= 4 is 23.3 Å². The summed E-state index contributed by atoms with van der Waals surface area (Å²) in [6.07, 6.45) is 5.60. The standard InChI is InChI=1S/C25H28N2O2/c1-18-22(16-19-8-3-2-4-9-19)21-11-10-20(17-23(21)24(18)28)25(29)26-12-7-15-27-13-5-6-14-27/h2-4,8-11,16-18H,5-7,12-15H2,1H3,(H,26,29)/b22-16-/t18-/m1/s1. The van der Waals surface area contributed by atoms with Crippen LogP contribution in [0.4, 0.5) is 0 Å². The molecule has 0 radical (unpaired) electrons. The lowest BCUT2D eigenvalue weighted by Gasteiger charge is -2.14. The lowest BCUT2D eigenvalue weighted by molar-refractivity contribution is 0.0952.